The van der Waals surface area contributed by atoms with Gasteiger partial charge in [-0.15, -0.1) is 5.10 Å². The molecule has 3 N–H and O–H groups in total. The predicted octanol–water partition coefficient (Wildman–Crippen LogP) is 2.52. The molecule has 4 rings (SSSR count). The van der Waals surface area contributed by atoms with E-state index in [1.807, 2.05) is 18.2 Å². The maximum atomic E-state index is 12.6. The SMILES string of the molecule is CC(=O)Nc1cccc(NC(=O)c2cn(CC3(O)CCN(Cc4ccccc4)CC3)nn2)c1. The van der Waals surface area contributed by atoms with Crippen molar-refractivity contribution in [3.63, 3.8) is 0 Å². The molecule has 172 valence electrons. The second kappa shape index (κ2) is 9.93. The summed E-state index contributed by atoms with van der Waals surface area (Å²) in [7, 11) is 0. The van der Waals surface area contributed by atoms with Crippen LogP contribution in [0.25, 0.3) is 0 Å². The Kier molecular flexibility index (Phi) is 6.81. The van der Waals surface area contributed by atoms with Crippen LogP contribution in [0, 0.1) is 0 Å². The minimum absolute atomic E-state index is 0.157. The highest BCUT2D eigenvalue weighted by molar-refractivity contribution is 6.03. The molecule has 0 spiro atoms. The first-order valence-electron chi connectivity index (χ1n) is 11.0. The van der Waals surface area contributed by atoms with Gasteiger partial charge < -0.3 is 15.7 Å². The van der Waals surface area contributed by atoms with Crippen molar-refractivity contribution >= 4 is 23.2 Å². The van der Waals surface area contributed by atoms with Gasteiger partial charge in [0.05, 0.1) is 18.3 Å². The van der Waals surface area contributed by atoms with Crippen LogP contribution in [-0.4, -0.2) is 55.5 Å². The summed E-state index contributed by atoms with van der Waals surface area (Å²) >= 11 is 0. The number of nitrogens with one attached hydrogen (secondary N) is 2. The molecule has 2 heterocycles. The minimum atomic E-state index is -0.888. The number of amides is 2. The standard InChI is InChI=1S/C24H28N6O3/c1-18(31)25-20-8-5-9-21(14-20)26-23(32)22-16-30(28-27-22)17-24(33)10-12-29(13-11-24)15-19-6-3-2-4-7-19/h2-9,14,16,33H,10-13,15,17H2,1H3,(H,25,31)(H,26,32). The summed E-state index contributed by atoms with van der Waals surface area (Å²) in [6.45, 7) is 4.15. The number of benzene rings is 2. The van der Waals surface area contributed by atoms with Crippen LogP contribution in [0.1, 0.15) is 35.8 Å². The molecule has 2 amide bonds. The molecule has 1 fully saturated rings. The maximum Gasteiger partial charge on any atom is 0.277 e. The third kappa shape index (κ3) is 6.24. The Bertz CT molecular complexity index is 1110. The van der Waals surface area contributed by atoms with Gasteiger partial charge in [0.1, 0.15) is 0 Å². The quantitative estimate of drug-likeness (QED) is 0.512. The van der Waals surface area contributed by atoms with Crippen LogP contribution in [0.4, 0.5) is 11.4 Å². The normalized spacial score (nSPS) is 15.7. The van der Waals surface area contributed by atoms with E-state index in [2.05, 4.69) is 38.0 Å². The van der Waals surface area contributed by atoms with Gasteiger partial charge in [0.15, 0.2) is 5.69 Å². The molecule has 0 bridgehead atoms. The first-order chi connectivity index (χ1) is 15.9. The van der Waals surface area contributed by atoms with E-state index in [0.29, 0.717) is 24.2 Å². The second-order valence-corrected chi connectivity index (χ2v) is 8.50. The summed E-state index contributed by atoms with van der Waals surface area (Å²) in [4.78, 5) is 26.1. The van der Waals surface area contributed by atoms with Crippen molar-refractivity contribution in [3.05, 3.63) is 72.1 Å². The Balaban J connectivity index is 1.31. The van der Waals surface area contributed by atoms with E-state index in [0.717, 1.165) is 19.6 Å². The van der Waals surface area contributed by atoms with Crippen LogP contribution in [0.5, 0.6) is 0 Å². The van der Waals surface area contributed by atoms with Gasteiger partial charge in [0.2, 0.25) is 5.91 Å². The van der Waals surface area contributed by atoms with Crippen LogP contribution < -0.4 is 10.6 Å². The molecule has 0 aliphatic carbocycles. The molecule has 9 nitrogen and oxygen atoms in total. The average molecular weight is 449 g/mol. The molecular formula is C24H28N6O3. The zero-order chi connectivity index (χ0) is 23.3. The van der Waals surface area contributed by atoms with Crippen molar-refractivity contribution in [2.75, 3.05) is 23.7 Å². The number of hydrogen-bond acceptors (Lipinski definition) is 6. The molecule has 1 aliphatic rings. The zero-order valence-electron chi connectivity index (χ0n) is 18.6. The van der Waals surface area contributed by atoms with Crippen molar-refractivity contribution in [2.24, 2.45) is 0 Å². The van der Waals surface area contributed by atoms with Crippen LogP contribution in [0.3, 0.4) is 0 Å². The molecule has 0 radical (unpaired) electrons. The number of nitrogens with zero attached hydrogens (tertiary/aromatic N) is 4. The van der Waals surface area contributed by atoms with E-state index in [1.165, 1.54) is 17.2 Å². The van der Waals surface area contributed by atoms with Crippen molar-refractivity contribution in [1.82, 2.24) is 19.9 Å². The van der Waals surface area contributed by atoms with E-state index in [9.17, 15) is 14.7 Å². The molecule has 0 unspecified atom stereocenters. The van der Waals surface area contributed by atoms with Gasteiger partial charge in [-0.05, 0) is 36.6 Å². The van der Waals surface area contributed by atoms with Crippen LogP contribution in [0.15, 0.2) is 60.8 Å². The van der Waals surface area contributed by atoms with Gasteiger partial charge in [-0.25, -0.2) is 4.68 Å². The molecule has 0 atom stereocenters. The van der Waals surface area contributed by atoms with E-state index < -0.39 is 11.5 Å². The average Bonchev–Trinajstić information content (AvgIpc) is 3.24. The Morgan fingerprint density at radius 1 is 1.03 bits per heavy atom. The largest absolute Gasteiger partial charge is 0.388 e. The molecule has 9 heteroatoms. The second-order valence-electron chi connectivity index (χ2n) is 8.50. The molecule has 3 aromatic rings. The van der Waals surface area contributed by atoms with Gasteiger partial charge in [0.25, 0.3) is 5.91 Å². The number of hydrogen-bond donors (Lipinski definition) is 3. The number of carbonyl (C=O) groups is 2. The number of aliphatic hydroxyl groups is 1. The third-order valence-corrected chi connectivity index (χ3v) is 5.70. The van der Waals surface area contributed by atoms with Crippen molar-refractivity contribution in [1.29, 1.82) is 0 Å². The van der Waals surface area contributed by atoms with Gasteiger partial charge in [-0.2, -0.15) is 0 Å². The predicted molar refractivity (Wildman–Crippen MR) is 125 cm³/mol. The fourth-order valence-electron chi connectivity index (χ4n) is 3.98. The molecule has 1 aromatic heterocycles. The highest BCUT2D eigenvalue weighted by Crippen LogP contribution is 2.25. The fourth-order valence-corrected chi connectivity index (χ4v) is 3.98. The first-order valence-corrected chi connectivity index (χ1v) is 11.0. The smallest absolute Gasteiger partial charge is 0.277 e. The van der Waals surface area contributed by atoms with Crippen molar-refractivity contribution in [3.8, 4) is 0 Å². The topological polar surface area (TPSA) is 112 Å². The van der Waals surface area contributed by atoms with Crippen molar-refractivity contribution in [2.45, 2.75) is 38.5 Å². The Morgan fingerprint density at radius 3 is 2.42 bits per heavy atom. The Labute approximate surface area is 192 Å². The van der Waals surface area contributed by atoms with E-state index >= 15 is 0 Å². The van der Waals surface area contributed by atoms with Crippen LogP contribution >= 0.6 is 0 Å². The lowest BCUT2D eigenvalue weighted by Gasteiger charge is -2.38. The highest BCUT2D eigenvalue weighted by atomic mass is 16.3. The van der Waals surface area contributed by atoms with Crippen LogP contribution in [0.2, 0.25) is 0 Å². The van der Waals surface area contributed by atoms with Gasteiger partial charge in [-0.3, -0.25) is 14.5 Å². The number of piperidine rings is 1. The third-order valence-electron chi connectivity index (χ3n) is 5.70. The Hall–Kier alpha value is -3.56. The molecule has 0 saturated carbocycles. The van der Waals surface area contributed by atoms with Crippen LogP contribution in [-0.2, 0) is 17.9 Å². The number of aromatic nitrogens is 3. The van der Waals surface area contributed by atoms with E-state index in [1.54, 1.807) is 30.5 Å². The van der Waals surface area contributed by atoms with Gasteiger partial charge >= 0.3 is 0 Å². The van der Waals surface area contributed by atoms with Gasteiger partial charge in [0, 0.05) is 37.9 Å². The number of anilines is 2. The molecular weight excluding hydrogens is 420 g/mol. The lowest BCUT2D eigenvalue weighted by Crippen LogP contribution is -2.46. The molecule has 1 saturated heterocycles. The zero-order valence-corrected chi connectivity index (χ0v) is 18.6. The minimum Gasteiger partial charge on any atom is -0.388 e. The summed E-state index contributed by atoms with van der Waals surface area (Å²) in [5.74, 6) is -0.601. The van der Waals surface area contributed by atoms with Crippen molar-refractivity contribution < 1.29 is 14.7 Å². The molecule has 1 aliphatic heterocycles. The molecule has 33 heavy (non-hydrogen) atoms. The number of rotatable bonds is 7. The van der Waals surface area contributed by atoms with E-state index in [4.69, 9.17) is 0 Å². The first kappa shape index (κ1) is 22.6. The summed E-state index contributed by atoms with van der Waals surface area (Å²) < 4.78 is 1.52. The maximum absolute atomic E-state index is 12.6. The summed E-state index contributed by atoms with van der Waals surface area (Å²) in [5, 5.41) is 24.5. The highest BCUT2D eigenvalue weighted by Gasteiger charge is 2.33. The fraction of sp³-hybridized carbons (Fsp3) is 0.333. The molecule has 2 aromatic carbocycles. The monoisotopic (exact) mass is 448 g/mol. The number of likely N-dealkylation sites (tertiary alicyclic amines) is 1. The number of carbonyl (C=O) groups excluding carboxylic acids is 2. The van der Waals surface area contributed by atoms with E-state index in [-0.39, 0.29) is 18.1 Å². The summed E-state index contributed by atoms with van der Waals surface area (Å²) in [6, 6.07) is 17.2. The lowest BCUT2D eigenvalue weighted by atomic mass is 9.91. The Morgan fingerprint density at radius 2 is 1.73 bits per heavy atom. The lowest BCUT2D eigenvalue weighted by molar-refractivity contribution is -0.114. The summed E-state index contributed by atoms with van der Waals surface area (Å²) in [6.07, 6.45) is 2.79. The summed E-state index contributed by atoms with van der Waals surface area (Å²) in [5.41, 5.74) is 1.65. The van der Waals surface area contributed by atoms with Gasteiger partial charge in [-0.1, -0.05) is 41.6 Å².